The van der Waals surface area contributed by atoms with Crippen molar-refractivity contribution >= 4 is 17.3 Å². The first-order chi connectivity index (χ1) is 11.8. The maximum absolute atomic E-state index is 12.5. The summed E-state index contributed by atoms with van der Waals surface area (Å²) < 4.78 is 0. The van der Waals surface area contributed by atoms with Crippen molar-refractivity contribution in [3.8, 4) is 0 Å². The number of anilines is 2. The lowest BCUT2D eigenvalue weighted by Gasteiger charge is -2.35. The zero-order valence-electron chi connectivity index (χ0n) is 14.2. The molecule has 2 aliphatic rings. The molecule has 3 nitrogen and oxygen atoms in total. The van der Waals surface area contributed by atoms with Gasteiger partial charge in [0.05, 0.1) is 11.4 Å². The Kier molecular flexibility index (Phi) is 4.11. The average molecular weight is 320 g/mol. The zero-order valence-corrected chi connectivity index (χ0v) is 14.2. The van der Waals surface area contributed by atoms with Gasteiger partial charge in [0.1, 0.15) is 0 Å². The molecule has 2 aromatic rings. The summed E-state index contributed by atoms with van der Waals surface area (Å²) in [6.07, 6.45) is 4.85. The molecule has 4 rings (SSSR count). The van der Waals surface area contributed by atoms with Crippen molar-refractivity contribution in [2.24, 2.45) is 0 Å². The smallest absolute Gasteiger partial charge is 0.228 e. The van der Waals surface area contributed by atoms with Crippen molar-refractivity contribution < 1.29 is 4.79 Å². The summed E-state index contributed by atoms with van der Waals surface area (Å²) in [4.78, 5) is 17.0. The van der Waals surface area contributed by atoms with Gasteiger partial charge in [-0.25, -0.2) is 0 Å². The van der Waals surface area contributed by atoms with Crippen molar-refractivity contribution in [2.75, 3.05) is 18.0 Å². The number of benzene rings is 2. The van der Waals surface area contributed by atoms with Gasteiger partial charge < -0.3 is 0 Å². The SMILES string of the molecule is CC(=O)N1c2ccccc2CC(N2CCCCC2)c2ccccc21. The van der Waals surface area contributed by atoms with E-state index in [9.17, 15) is 4.79 Å². The summed E-state index contributed by atoms with van der Waals surface area (Å²) in [5, 5.41) is 0. The number of fused-ring (bicyclic) bond motifs is 2. The number of carbonyl (C=O) groups excluding carboxylic acids is 1. The van der Waals surface area contributed by atoms with Crippen LogP contribution < -0.4 is 4.90 Å². The van der Waals surface area contributed by atoms with Gasteiger partial charge in [-0.1, -0.05) is 42.8 Å². The highest BCUT2D eigenvalue weighted by Gasteiger charge is 2.32. The van der Waals surface area contributed by atoms with Crippen molar-refractivity contribution in [1.29, 1.82) is 0 Å². The first kappa shape index (κ1) is 15.4. The van der Waals surface area contributed by atoms with Gasteiger partial charge in [-0.2, -0.15) is 0 Å². The number of hydrogen-bond acceptors (Lipinski definition) is 2. The molecule has 24 heavy (non-hydrogen) atoms. The van der Waals surface area contributed by atoms with Crippen LogP contribution in [0.1, 0.15) is 43.4 Å². The number of amides is 1. The van der Waals surface area contributed by atoms with E-state index in [0.29, 0.717) is 6.04 Å². The normalized spacial score (nSPS) is 20.9. The summed E-state index contributed by atoms with van der Waals surface area (Å²) in [7, 11) is 0. The zero-order chi connectivity index (χ0) is 16.5. The van der Waals surface area contributed by atoms with Crippen LogP contribution in [0.3, 0.4) is 0 Å². The lowest BCUT2D eigenvalue weighted by molar-refractivity contribution is -0.115. The molecule has 1 amide bonds. The predicted octanol–water partition coefficient (Wildman–Crippen LogP) is 4.45. The highest BCUT2D eigenvalue weighted by Crippen LogP contribution is 2.42. The fourth-order valence-corrected chi connectivity index (χ4v) is 4.22. The van der Waals surface area contributed by atoms with E-state index in [1.54, 1.807) is 6.92 Å². The molecule has 3 heteroatoms. The van der Waals surface area contributed by atoms with Crippen molar-refractivity contribution in [1.82, 2.24) is 4.90 Å². The van der Waals surface area contributed by atoms with Gasteiger partial charge >= 0.3 is 0 Å². The van der Waals surface area contributed by atoms with Gasteiger partial charge in [-0.15, -0.1) is 0 Å². The van der Waals surface area contributed by atoms with Crippen LogP contribution in [0.5, 0.6) is 0 Å². The second-order valence-corrected chi connectivity index (χ2v) is 6.86. The van der Waals surface area contributed by atoms with Crippen LogP contribution in [-0.4, -0.2) is 23.9 Å². The maximum Gasteiger partial charge on any atom is 0.228 e. The highest BCUT2D eigenvalue weighted by molar-refractivity contribution is 6.01. The number of piperidine rings is 1. The Morgan fingerprint density at radius 1 is 0.917 bits per heavy atom. The largest absolute Gasteiger partial charge is 0.296 e. The molecule has 0 spiro atoms. The molecule has 0 aromatic heterocycles. The van der Waals surface area contributed by atoms with Crippen LogP contribution in [0.25, 0.3) is 0 Å². The van der Waals surface area contributed by atoms with Crippen LogP contribution in [0.2, 0.25) is 0 Å². The molecule has 1 saturated heterocycles. The van der Waals surface area contributed by atoms with E-state index in [1.165, 1.54) is 30.4 Å². The minimum Gasteiger partial charge on any atom is -0.296 e. The topological polar surface area (TPSA) is 23.6 Å². The fourth-order valence-electron chi connectivity index (χ4n) is 4.22. The lowest BCUT2D eigenvalue weighted by Crippen LogP contribution is -2.35. The summed E-state index contributed by atoms with van der Waals surface area (Å²) in [5.74, 6) is 0.0780. The number of carbonyl (C=O) groups is 1. The Hall–Kier alpha value is -2.13. The highest BCUT2D eigenvalue weighted by atomic mass is 16.2. The molecule has 2 heterocycles. The molecular weight excluding hydrogens is 296 g/mol. The van der Waals surface area contributed by atoms with Gasteiger partial charge in [0.15, 0.2) is 0 Å². The van der Waals surface area contributed by atoms with Gasteiger partial charge in [-0.05, 0) is 55.6 Å². The first-order valence-corrected chi connectivity index (χ1v) is 8.97. The van der Waals surface area contributed by atoms with Gasteiger partial charge in [0.2, 0.25) is 5.91 Å². The molecule has 1 unspecified atom stereocenters. The lowest BCUT2D eigenvalue weighted by atomic mass is 9.95. The molecule has 1 atom stereocenters. The average Bonchev–Trinajstić information content (AvgIpc) is 2.77. The van der Waals surface area contributed by atoms with Gasteiger partial charge in [0, 0.05) is 13.0 Å². The Morgan fingerprint density at radius 2 is 1.58 bits per heavy atom. The molecule has 0 saturated carbocycles. The Bertz CT molecular complexity index is 749. The monoisotopic (exact) mass is 320 g/mol. The maximum atomic E-state index is 12.5. The third kappa shape index (κ3) is 2.63. The first-order valence-electron chi connectivity index (χ1n) is 8.97. The van der Waals surface area contributed by atoms with E-state index >= 15 is 0 Å². The van der Waals surface area contributed by atoms with Gasteiger partial charge in [-0.3, -0.25) is 14.6 Å². The van der Waals surface area contributed by atoms with Crippen LogP contribution >= 0.6 is 0 Å². The quantitative estimate of drug-likeness (QED) is 0.775. The minimum absolute atomic E-state index is 0.0780. The Labute approximate surface area is 143 Å². The number of likely N-dealkylation sites (tertiary alicyclic amines) is 1. The predicted molar refractivity (Wildman–Crippen MR) is 97.6 cm³/mol. The third-order valence-electron chi connectivity index (χ3n) is 5.33. The molecule has 1 fully saturated rings. The third-order valence-corrected chi connectivity index (χ3v) is 5.33. The van der Waals surface area contributed by atoms with Crippen LogP contribution in [0.15, 0.2) is 48.5 Å². The second kappa shape index (κ2) is 6.40. The molecule has 2 aromatic carbocycles. The number of hydrogen-bond donors (Lipinski definition) is 0. The number of rotatable bonds is 1. The van der Waals surface area contributed by atoms with E-state index in [2.05, 4.69) is 41.3 Å². The van der Waals surface area contributed by atoms with Crippen LogP contribution in [0.4, 0.5) is 11.4 Å². The van der Waals surface area contributed by atoms with Crippen LogP contribution in [0, 0.1) is 0 Å². The van der Waals surface area contributed by atoms with E-state index in [0.717, 1.165) is 30.9 Å². The Balaban J connectivity index is 1.88. The second-order valence-electron chi connectivity index (χ2n) is 6.86. The molecule has 0 N–H and O–H groups in total. The number of para-hydroxylation sites is 2. The molecule has 0 radical (unpaired) electrons. The standard InChI is InChI=1S/C21H24N2O/c1-16(24)23-19-11-5-3-9-17(19)15-21(22-13-7-2-8-14-22)18-10-4-6-12-20(18)23/h3-6,9-12,21H,2,7-8,13-15H2,1H3. The van der Waals surface area contributed by atoms with E-state index in [4.69, 9.17) is 0 Å². The molecule has 124 valence electrons. The molecular formula is C21H24N2O. The van der Waals surface area contributed by atoms with Gasteiger partial charge in [0.25, 0.3) is 0 Å². The van der Waals surface area contributed by atoms with Crippen molar-refractivity contribution in [3.63, 3.8) is 0 Å². The van der Waals surface area contributed by atoms with Crippen molar-refractivity contribution in [2.45, 2.75) is 38.6 Å². The minimum atomic E-state index is 0.0780. The molecule has 0 aliphatic carbocycles. The van der Waals surface area contributed by atoms with E-state index in [-0.39, 0.29) is 5.91 Å². The van der Waals surface area contributed by atoms with E-state index < -0.39 is 0 Å². The van der Waals surface area contributed by atoms with Crippen molar-refractivity contribution in [3.05, 3.63) is 59.7 Å². The van der Waals surface area contributed by atoms with E-state index in [1.807, 2.05) is 17.0 Å². The molecule has 2 aliphatic heterocycles. The summed E-state index contributed by atoms with van der Waals surface area (Å²) in [6.45, 7) is 3.97. The molecule has 0 bridgehead atoms. The van der Waals surface area contributed by atoms with Crippen LogP contribution in [-0.2, 0) is 11.2 Å². The summed E-state index contributed by atoms with van der Waals surface area (Å²) >= 11 is 0. The fraction of sp³-hybridized carbons (Fsp3) is 0.381. The summed E-state index contributed by atoms with van der Waals surface area (Å²) in [6, 6.07) is 17.2. The summed E-state index contributed by atoms with van der Waals surface area (Å²) in [5.41, 5.74) is 4.63. The Morgan fingerprint density at radius 3 is 2.33 bits per heavy atom. The number of nitrogens with zero attached hydrogens (tertiary/aromatic N) is 2.